The van der Waals surface area contributed by atoms with Crippen LogP contribution in [0.1, 0.15) is 0 Å². The van der Waals surface area contributed by atoms with Crippen LogP contribution in [0.25, 0.3) is 22.0 Å². The topological polar surface area (TPSA) is 46.0 Å². The average molecular weight is 319 g/mol. The van der Waals surface area contributed by atoms with Crippen LogP contribution in [0.4, 0.5) is 4.39 Å². The Morgan fingerprint density at radius 1 is 1.05 bits per heavy atom. The van der Waals surface area contributed by atoms with Gasteiger partial charge in [0.25, 0.3) is 0 Å². The maximum Gasteiger partial charge on any atom is 0.149 e. The Balaban J connectivity index is 2.31. The van der Waals surface area contributed by atoms with Gasteiger partial charge in [-0.2, -0.15) is 0 Å². The fraction of sp³-hybridized carbons (Fsp3) is 0. The van der Waals surface area contributed by atoms with E-state index in [-0.39, 0.29) is 11.3 Å². The Kier molecular flexibility index (Phi) is 2.91. The Morgan fingerprint density at radius 2 is 1.84 bits per heavy atom. The molecule has 0 saturated heterocycles. The number of halogens is 2. The monoisotopic (exact) mass is 318 g/mol. The molecule has 0 aliphatic heterocycles. The molecule has 5 heteroatoms. The second-order valence-electron chi connectivity index (χ2n) is 4.02. The van der Waals surface area contributed by atoms with Crippen LogP contribution < -0.4 is 0 Å². The molecule has 0 bridgehead atoms. The molecule has 3 rings (SSSR count). The molecular formula is C14H8BrFN2O. The summed E-state index contributed by atoms with van der Waals surface area (Å²) < 4.78 is 14.3. The fourth-order valence-corrected chi connectivity index (χ4v) is 2.27. The second kappa shape index (κ2) is 4.59. The molecule has 19 heavy (non-hydrogen) atoms. The maximum absolute atomic E-state index is 13.8. The molecule has 0 aliphatic carbocycles. The first-order valence-corrected chi connectivity index (χ1v) is 6.34. The lowest BCUT2D eigenvalue weighted by molar-refractivity contribution is 0.482. The van der Waals surface area contributed by atoms with Crippen molar-refractivity contribution in [1.82, 2.24) is 9.97 Å². The van der Waals surface area contributed by atoms with E-state index in [1.807, 2.05) is 6.07 Å². The van der Waals surface area contributed by atoms with E-state index in [9.17, 15) is 9.50 Å². The van der Waals surface area contributed by atoms with Crippen molar-refractivity contribution in [3.63, 3.8) is 0 Å². The van der Waals surface area contributed by atoms with Crippen LogP contribution in [0, 0.1) is 5.82 Å². The van der Waals surface area contributed by atoms with Gasteiger partial charge in [0.1, 0.15) is 16.2 Å². The molecule has 1 N–H and O–H groups in total. The van der Waals surface area contributed by atoms with E-state index < -0.39 is 5.82 Å². The van der Waals surface area contributed by atoms with Crippen LogP contribution in [0.3, 0.4) is 0 Å². The van der Waals surface area contributed by atoms with Gasteiger partial charge in [-0.25, -0.2) is 9.37 Å². The number of aromatic nitrogens is 2. The van der Waals surface area contributed by atoms with E-state index in [1.54, 1.807) is 18.2 Å². The van der Waals surface area contributed by atoms with Crippen LogP contribution in [-0.2, 0) is 0 Å². The molecule has 0 amide bonds. The van der Waals surface area contributed by atoms with Crippen molar-refractivity contribution in [2.75, 3.05) is 0 Å². The number of pyridine rings is 2. The Morgan fingerprint density at radius 3 is 2.68 bits per heavy atom. The molecule has 2 heterocycles. The standard InChI is InChI=1S/C14H8BrFN2O/c15-13-5-9(11(16)7-18-13)10-6-17-12-4-2-1-3-8(12)14(10)19/h1-7H,(H,17,19). The van der Waals surface area contributed by atoms with Gasteiger partial charge in [-0.1, -0.05) is 12.1 Å². The third-order valence-corrected chi connectivity index (χ3v) is 3.29. The van der Waals surface area contributed by atoms with Crippen LogP contribution in [0.15, 0.2) is 47.3 Å². The first kappa shape index (κ1) is 12.0. The lowest BCUT2D eigenvalue weighted by Gasteiger charge is -2.08. The normalized spacial score (nSPS) is 10.8. The number of para-hydroxylation sites is 1. The minimum Gasteiger partial charge on any atom is -0.507 e. The Bertz CT molecular complexity index is 776. The molecular weight excluding hydrogens is 311 g/mol. The summed E-state index contributed by atoms with van der Waals surface area (Å²) >= 11 is 3.19. The van der Waals surface area contributed by atoms with Crippen molar-refractivity contribution in [3.8, 4) is 16.9 Å². The van der Waals surface area contributed by atoms with E-state index in [2.05, 4.69) is 25.9 Å². The minimum atomic E-state index is -0.504. The highest BCUT2D eigenvalue weighted by Gasteiger charge is 2.13. The van der Waals surface area contributed by atoms with E-state index in [4.69, 9.17) is 0 Å². The van der Waals surface area contributed by atoms with Crippen LogP contribution >= 0.6 is 15.9 Å². The lowest BCUT2D eigenvalue weighted by atomic mass is 10.0. The molecule has 0 atom stereocenters. The van der Waals surface area contributed by atoms with E-state index in [1.165, 1.54) is 12.3 Å². The van der Waals surface area contributed by atoms with Crippen LogP contribution in [0.2, 0.25) is 0 Å². The van der Waals surface area contributed by atoms with Gasteiger partial charge in [0, 0.05) is 22.7 Å². The summed E-state index contributed by atoms with van der Waals surface area (Å²) in [6.45, 7) is 0. The number of hydrogen-bond donors (Lipinski definition) is 1. The van der Waals surface area contributed by atoms with Crippen molar-refractivity contribution in [3.05, 3.63) is 53.1 Å². The highest BCUT2D eigenvalue weighted by molar-refractivity contribution is 9.10. The highest BCUT2D eigenvalue weighted by atomic mass is 79.9. The second-order valence-corrected chi connectivity index (χ2v) is 4.84. The summed E-state index contributed by atoms with van der Waals surface area (Å²) in [5.41, 5.74) is 1.27. The van der Waals surface area contributed by atoms with E-state index >= 15 is 0 Å². The number of hydrogen-bond acceptors (Lipinski definition) is 3. The highest BCUT2D eigenvalue weighted by Crippen LogP contribution is 2.36. The number of benzene rings is 1. The molecule has 0 fully saturated rings. The smallest absolute Gasteiger partial charge is 0.149 e. The lowest BCUT2D eigenvalue weighted by Crippen LogP contribution is -1.90. The summed E-state index contributed by atoms with van der Waals surface area (Å²) in [7, 11) is 0. The molecule has 3 nitrogen and oxygen atoms in total. The minimum absolute atomic E-state index is 0.0163. The van der Waals surface area contributed by atoms with Gasteiger partial charge < -0.3 is 5.11 Å². The van der Waals surface area contributed by atoms with Gasteiger partial charge in [0.15, 0.2) is 0 Å². The summed E-state index contributed by atoms with van der Waals surface area (Å²) in [4.78, 5) is 8.02. The largest absolute Gasteiger partial charge is 0.507 e. The summed E-state index contributed by atoms with van der Waals surface area (Å²) in [5.74, 6) is -0.488. The summed E-state index contributed by atoms with van der Waals surface area (Å²) in [5, 5.41) is 10.9. The third kappa shape index (κ3) is 2.06. The zero-order valence-electron chi connectivity index (χ0n) is 9.64. The third-order valence-electron chi connectivity index (χ3n) is 2.86. The zero-order valence-corrected chi connectivity index (χ0v) is 11.2. The van der Waals surface area contributed by atoms with Crippen molar-refractivity contribution < 1.29 is 9.50 Å². The van der Waals surface area contributed by atoms with Gasteiger partial charge in [0.2, 0.25) is 0 Å². The van der Waals surface area contributed by atoms with Gasteiger partial charge in [-0.3, -0.25) is 4.98 Å². The Hall–Kier alpha value is -2.01. The van der Waals surface area contributed by atoms with Crippen molar-refractivity contribution in [2.24, 2.45) is 0 Å². The fourth-order valence-electron chi connectivity index (χ4n) is 1.94. The first-order chi connectivity index (χ1) is 9.16. The van der Waals surface area contributed by atoms with E-state index in [0.29, 0.717) is 21.1 Å². The molecule has 94 valence electrons. The van der Waals surface area contributed by atoms with Gasteiger partial charge >= 0.3 is 0 Å². The van der Waals surface area contributed by atoms with Gasteiger partial charge in [-0.05, 0) is 34.1 Å². The number of rotatable bonds is 1. The predicted octanol–water partition coefficient (Wildman–Crippen LogP) is 3.90. The SMILES string of the molecule is Oc1c(-c2cc(Br)ncc2F)cnc2ccccc12. The van der Waals surface area contributed by atoms with Gasteiger partial charge in [0.05, 0.1) is 11.7 Å². The summed E-state index contributed by atoms with van der Waals surface area (Å²) in [6, 6.07) is 8.68. The molecule has 0 radical (unpaired) electrons. The van der Waals surface area contributed by atoms with Crippen molar-refractivity contribution >= 4 is 26.8 Å². The molecule has 1 aromatic carbocycles. The first-order valence-electron chi connectivity index (χ1n) is 5.55. The molecule has 0 saturated carbocycles. The Labute approximate surface area is 116 Å². The molecule has 0 spiro atoms. The average Bonchev–Trinajstić information content (AvgIpc) is 2.43. The van der Waals surface area contributed by atoms with E-state index in [0.717, 1.165) is 6.20 Å². The summed E-state index contributed by atoms with van der Waals surface area (Å²) in [6.07, 6.45) is 2.57. The van der Waals surface area contributed by atoms with Crippen LogP contribution in [0.5, 0.6) is 5.75 Å². The number of aromatic hydroxyl groups is 1. The van der Waals surface area contributed by atoms with Crippen LogP contribution in [-0.4, -0.2) is 15.1 Å². The quantitative estimate of drug-likeness (QED) is 0.692. The molecule has 3 aromatic rings. The predicted molar refractivity (Wildman–Crippen MR) is 74.3 cm³/mol. The molecule has 0 aliphatic rings. The number of nitrogens with zero attached hydrogens (tertiary/aromatic N) is 2. The maximum atomic E-state index is 13.8. The zero-order chi connectivity index (χ0) is 13.4. The number of fused-ring (bicyclic) bond motifs is 1. The molecule has 0 unspecified atom stereocenters. The van der Waals surface area contributed by atoms with Gasteiger partial charge in [-0.15, -0.1) is 0 Å². The van der Waals surface area contributed by atoms with Crippen molar-refractivity contribution in [2.45, 2.75) is 0 Å². The molecule has 2 aromatic heterocycles. The van der Waals surface area contributed by atoms with Crippen molar-refractivity contribution in [1.29, 1.82) is 0 Å².